The topological polar surface area (TPSA) is 21.3 Å². The number of ether oxygens (including phenoxy) is 1. The summed E-state index contributed by atoms with van der Waals surface area (Å²) in [7, 11) is 1.85. The van der Waals surface area contributed by atoms with E-state index in [0.717, 1.165) is 32.2 Å². The van der Waals surface area contributed by atoms with Crippen molar-refractivity contribution in [3.63, 3.8) is 0 Å². The van der Waals surface area contributed by atoms with E-state index in [-0.39, 0.29) is 5.60 Å². The van der Waals surface area contributed by atoms with Gasteiger partial charge in [0.05, 0.1) is 5.60 Å². The second-order valence-electron chi connectivity index (χ2n) is 4.70. The van der Waals surface area contributed by atoms with Crippen molar-refractivity contribution >= 4 is 11.3 Å². The lowest BCUT2D eigenvalue weighted by atomic mass is 9.85. The van der Waals surface area contributed by atoms with Crippen LogP contribution in [-0.4, -0.2) is 25.3 Å². The standard InChI is InChI=1S/C15H27NOS/c1-5-15(6-2,17-4)14(16-7-3)11-10-13-9-8-12-18-13/h8-9,12,14,16H,5-7,10-11H2,1-4H3. The molecule has 0 spiro atoms. The van der Waals surface area contributed by atoms with Crippen molar-refractivity contribution < 1.29 is 4.74 Å². The van der Waals surface area contributed by atoms with E-state index in [0.29, 0.717) is 6.04 Å². The molecule has 1 heterocycles. The first-order valence-corrected chi connectivity index (χ1v) is 7.91. The van der Waals surface area contributed by atoms with Gasteiger partial charge in [-0.2, -0.15) is 0 Å². The molecule has 0 aromatic carbocycles. The van der Waals surface area contributed by atoms with E-state index < -0.39 is 0 Å². The number of rotatable bonds is 9. The van der Waals surface area contributed by atoms with Gasteiger partial charge in [0.2, 0.25) is 0 Å². The Balaban J connectivity index is 2.67. The second-order valence-corrected chi connectivity index (χ2v) is 5.74. The van der Waals surface area contributed by atoms with Crippen molar-refractivity contribution in [1.82, 2.24) is 5.32 Å². The SMILES string of the molecule is CCNC(CCc1cccs1)C(CC)(CC)OC. The number of aryl methyl sites for hydroxylation is 1. The number of methoxy groups -OCH3 is 1. The van der Waals surface area contributed by atoms with Gasteiger partial charge in [-0.05, 0) is 43.7 Å². The van der Waals surface area contributed by atoms with E-state index in [9.17, 15) is 0 Å². The molecule has 0 radical (unpaired) electrons. The maximum absolute atomic E-state index is 5.86. The summed E-state index contributed by atoms with van der Waals surface area (Å²) < 4.78 is 5.86. The van der Waals surface area contributed by atoms with Crippen molar-refractivity contribution in [2.45, 2.75) is 58.1 Å². The van der Waals surface area contributed by atoms with Gasteiger partial charge in [0.15, 0.2) is 0 Å². The first-order valence-electron chi connectivity index (χ1n) is 7.03. The van der Waals surface area contributed by atoms with Crippen LogP contribution in [0.2, 0.25) is 0 Å². The Morgan fingerprint density at radius 3 is 2.50 bits per heavy atom. The molecule has 3 heteroatoms. The molecule has 1 unspecified atom stereocenters. The molecular weight excluding hydrogens is 242 g/mol. The summed E-state index contributed by atoms with van der Waals surface area (Å²) in [5.74, 6) is 0. The molecule has 1 aromatic heterocycles. The third-order valence-electron chi connectivity index (χ3n) is 3.95. The van der Waals surface area contributed by atoms with Gasteiger partial charge in [0.25, 0.3) is 0 Å². The fraction of sp³-hybridized carbons (Fsp3) is 0.733. The van der Waals surface area contributed by atoms with Gasteiger partial charge in [0, 0.05) is 18.0 Å². The quantitative estimate of drug-likeness (QED) is 0.735. The van der Waals surface area contributed by atoms with Crippen LogP contribution in [0.4, 0.5) is 0 Å². The highest BCUT2D eigenvalue weighted by Crippen LogP contribution is 2.27. The van der Waals surface area contributed by atoms with E-state index in [1.807, 2.05) is 18.4 Å². The molecule has 104 valence electrons. The van der Waals surface area contributed by atoms with Gasteiger partial charge in [0.1, 0.15) is 0 Å². The fourth-order valence-corrected chi connectivity index (χ4v) is 3.44. The van der Waals surface area contributed by atoms with E-state index in [2.05, 4.69) is 43.6 Å². The van der Waals surface area contributed by atoms with Gasteiger partial charge < -0.3 is 10.1 Å². The van der Waals surface area contributed by atoms with Crippen LogP contribution in [-0.2, 0) is 11.2 Å². The molecule has 0 bridgehead atoms. The lowest BCUT2D eigenvalue weighted by molar-refractivity contribution is -0.0488. The lowest BCUT2D eigenvalue weighted by Gasteiger charge is -2.39. The average Bonchev–Trinajstić information content (AvgIpc) is 2.91. The molecule has 0 fully saturated rings. The first-order chi connectivity index (χ1) is 8.72. The monoisotopic (exact) mass is 269 g/mol. The zero-order valence-electron chi connectivity index (χ0n) is 12.2. The van der Waals surface area contributed by atoms with Crippen molar-refractivity contribution in [2.24, 2.45) is 0 Å². The highest BCUT2D eigenvalue weighted by atomic mass is 32.1. The van der Waals surface area contributed by atoms with E-state index in [4.69, 9.17) is 4.74 Å². The zero-order chi connectivity index (χ0) is 13.4. The predicted molar refractivity (Wildman–Crippen MR) is 80.4 cm³/mol. The minimum Gasteiger partial charge on any atom is -0.377 e. The number of nitrogens with one attached hydrogen (secondary N) is 1. The van der Waals surface area contributed by atoms with Crippen molar-refractivity contribution in [2.75, 3.05) is 13.7 Å². The molecule has 0 saturated carbocycles. The second kappa shape index (κ2) is 7.93. The van der Waals surface area contributed by atoms with Gasteiger partial charge in [-0.15, -0.1) is 11.3 Å². The third kappa shape index (κ3) is 3.81. The molecule has 2 nitrogen and oxygen atoms in total. The summed E-state index contributed by atoms with van der Waals surface area (Å²) in [4.78, 5) is 1.47. The maximum atomic E-state index is 5.86. The summed E-state index contributed by atoms with van der Waals surface area (Å²) in [5, 5.41) is 5.77. The van der Waals surface area contributed by atoms with Crippen LogP contribution in [0.15, 0.2) is 17.5 Å². The first kappa shape index (κ1) is 15.7. The largest absolute Gasteiger partial charge is 0.377 e. The van der Waals surface area contributed by atoms with Gasteiger partial charge in [-0.25, -0.2) is 0 Å². The van der Waals surface area contributed by atoms with Crippen LogP contribution < -0.4 is 5.32 Å². The van der Waals surface area contributed by atoms with Crippen LogP contribution in [0.25, 0.3) is 0 Å². The van der Waals surface area contributed by atoms with Crippen molar-refractivity contribution in [3.05, 3.63) is 22.4 Å². The summed E-state index contributed by atoms with van der Waals surface area (Å²) in [5.41, 5.74) is -0.0206. The van der Waals surface area contributed by atoms with Crippen LogP contribution in [0.5, 0.6) is 0 Å². The molecule has 1 rings (SSSR count). The number of thiophene rings is 1. The molecular formula is C15H27NOS. The molecule has 0 amide bonds. The van der Waals surface area contributed by atoms with E-state index in [1.165, 1.54) is 4.88 Å². The van der Waals surface area contributed by atoms with Gasteiger partial charge in [-0.3, -0.25) is 0 Å². The normalized spacial score (nSPS) is 13.8. The van der Waals surface area contributed by atoms with Crippen LogP contribution >= 0.6 is 11.3 Å². The molecule has 0 saturated heterocycles. The molecule has 0 aliphatic carbocycles. The maximum Gasteiger partial charge on any atom is 0.0825 e. The van der Waals surface area contributed by atoms with Crippen molar-refractivity contribution in [3.8, 4) is 0 Å². The summed E-state index contributed by atoms with van der Waals surface area (Å²) in [6.07, 6.45) is 4.40. The molecule has 1 N–H and O–H groups in total. The molecule has 0 aliphatic heterocycles. The highest BCUT2D eigenvalue weighted by Gasteiger charge is 2.34. The zero-order valence-corrected chi connectivity index (χ0v) is 13.0. The smallest absolute Gasteiger partial charge is 0.0825 e. The molecule has 18 heavy (non-hydrogen) atoms. The Hall–Kier alpha value is -0.380. The Morgan fingerprint density at radius 2 is 2.06 bits per heavy atom. The van der Waals surface area contributed by atoms with Crippen molar-refractivity contribution in [1.29, 1.82) is 0 Å². The Labute approximate surface area is 116 Å². The number of hydrogen-bond donors (Lipinski definition) is 1. The lowest BCUT2D eigenvalue weighted by Crippen LogP contribution is -2.51. The van der Waals surface area contributed by atoms with Crippen LogP contribution in [0.3, 0.4) is 0 Å². The fourth-order valence-electron chi connectivity index (χ4n) is 2.71. The van der Waals surface area contributed by atoms with E-state index in [1.54, 1.807) is 0 Å². The van der Waals surface area contributed by atoms with Crippen LogP contribution in [0, 0.1) is 0 Å². The third-order valence-corrected chi connectivity index (χ3v) is 4.88. The van der Waals surface area contributed by atoms with Crippen LogP contribution in [0.1, 0.15) is 44.9 Å². The summed E-state index contributed by atoms with van der Waals surface area (Å²) in [6, 6.07) is 4.79. The van der Waals surface area contributed by atoms with Gasteiger partial charge in [-0.1, -0.05) is 26.8 Å². The Kier molecular flexibility index (Phi) is 6.90. The minimum absolute atomic E-state index is 0.0206. The molecule has 1 aromatic rings. The van der Waals surface area contributed by atoms with E-state index >= 15 is 0 Å². The number of hydrogen-bond acceptors (Lipinski definition) is 3. The summed E-state index contributed by atoms with van der Waals surface area (Å²) in [6.45, 7) is 7.62. The Morgan fingerprint density at radius 1 is 1.33 bits per heavy atom. The summed E-state index contributed by atoms with van der Waals surface area (Å²) >= 11 is 1.85. The average molecular weight is 269 g/mol. The highest BCUT2D eigenvalue weighted by molar-refractivity contribution is 7.09. The molecule has 1 atom stereocenters. The molecule has 0 aliphatic rings. The van der Waals surface area contributed by atoms with Gasteiger partial charge >= 0.3 is 0 Å². The number of likely N-dealkylation sites (N-methyl/N-ethyl adjacent to an activating group) is 1. The predicted octanol–water partition coefficient (Wildman–Crippen LogP) is 3.86. The Bertz CT molecular complexity index is 298. The minimum atomic E-state index is -0.0206.